The predicted molar refractivity (Wildman–Crippen MR) is 77.3 cm³/mol. The standard InChI is InChI=1S/C14H20ClFN2O2/c1-14(2,3)20-13(19)18-10(8-17)7-9-5-4-6-11(16)12(9)15/h4-6,10H,7-8,17H2,1-3H3,(H,18,19). The van der Waals surface area contributed by atoms with Gasteiger partial charge in [0.1, 0.15) is 11.4 Å². The van der Waals surface area contributed by atoms with Crippen LogP contribution in [0.3, 0.4) is 0 Å². The molecule has 0 aliphatic heterocycles. The van der Waals surface area contributed by atoms with E-state index in [4.69, 9.17) is 22.1 Å². The van der Waals surface area contributed by atoms with Gasteiger partial charge in [0.2, 0.25) is 0 Å². The highest BCUT2D eigenvalue weighted by molar-refractivity contribution is 6.31. The van der Waals surface area contributed by atoms with Crippen molar-refractivity contribution in [1.29, 1.82) is 0 Å². The van der Waals surface area contributed by atoms with Crippen LogP contribution in [-0.4, -0.2) is 24.3 Å². The first-order valence-corrected chi connectivity index (χ1v) is 6.73. The zero-order valence-corrected chi connectivity index (χ0v) is 12.6. The molecule has 0 bridgehead atoms. The first-order valence-electron chi connectivity index (χ1n) is 6.35. The van der Waals surface area contributed by atoms with Crippen molar-refractivity contribution in [3.05, 3.63) is 34.6 Å². The normalized spacial score (nSPS) is 12.9. The Bertz CT molecular complexity index is 475. The van der Waals surface area contributed by atoms with Gasteiger partial charge in [0.15, 0.2) is 0 Å². The van der Waals surface area contributed by atoms with Gasteiger partial charge in [-0.2, -0.15) is 0 Å². The Kier molecular flexibility index (Phi) is 5.77. The van der Waals surface area contributed by atoms with E-state index in [1.54, 1.807) is 32.9 Å². The average Bonchev–Trinajstić information content (AvgIpc) is 2.31. The summed E-state index contributed by atoms with van der Waals surface area (Å²) in [6.45, 7) is 5.51. The van der Waals surface area contributed by atoms with Gasteiger partial charge in [-0.15, -0.1) is 0 Å². The van der Waals surface area contributed by atoms with Gasteiger partial charge in [-0.25, -0.2) is 9.18 Å². The second kappa shape index (κ2) is 6.90. The molecule has 4 nitrogen and oxygen atoms in total. The summed E-state index contributed by atoms with van der Waals surface area (Å²) in [5.74, 6) is -0.489. The van der Waals surface area contributed by atoms with Crippen LogP contribution in [-0.2, 0) is 11.2 Å². The van der Waals surface area contributed by atoms with Crippen LogP contribution in [0.2, 0.25) is 5.02 Å². The summed E-state index contributed by atoms with van der Waals surface area (Å²) in [6.07, 6.45) is -0.215. The number of carbonyl (C=O) groups is 1. The van der Waals surface area contributed by atoms with Gasteiger partial charge >= 0.3 is 6.09 Å². The lowest BCUT2D eigenvalue weighted by Crippen LogP contribution is -2.44. The minimum Gasteiger partial charge on any atom is -0.444 e. The number of nitrogens with two attached hydrogens (primary N) is 1. The molecule has 0 saturated heterocycles. The number of halogens is 2. The maximum absolute atomic E-state index is 13.3. The Labute approximate surface area is 123 Å². The predicted octanol–water partition coefficient (Wildman–Crippen LogP) is 2.87. The number of carbonyl (C=O) groups excluding carboxylic acids is 1. The first-order chi connectivity index (χ1) is 9.23. The van der Waals surface area contributed by atoms with Crippen LogP contribution in [0.5, 0.6) is 0 Å². The largest absolute Gasteiger partial charge is 0.444 e. The highest BCUT2D eigenvalue weighted by atomic mass is 35.5. The van der Waals surface area contributed by atoms with E-state index >= 15 is 0 Å². The number of nitrogens with one attached hydrogen (secondary N) is 1. The quantitative estimate of drug-likeness (QED) is 0.899. The maximum Gasteiger partial charge on any atom is 0.407 e. The average molecular weight is 303 g/mol. The van der Waals surface area contributed by atoms with E-state index in [1.807, 2.05) is 0 Å². The molecule has 0 fully saturated rings. The van der Waals surface area contributed by atoms with Crippen LogP contribution >= 0.6 is 11.6 Å². The summed E-state index contributed by atoms with van der Waals surface area (Å²) in [5, 5.41) is 2.70. The second-order valence-electron chi connectivity index (χ2n) is 5.50. The third-order valence-corrected chi connectivity index (χ3v) is 2.93. The second-order valence-corrected chi connectivity index (χ2v) is 5.87. The molecular weight excluding hydrogens is 283 g/mol. The number of amides is 1. The van der Waals surface area contributed by atoms with Crippen molar-refractivity contribution in [2.24, 2.45) is 5.73 Å². The summed E-state index contributed by atoms with van der Waals surface area (Å²) < 4.78 is 18.5. The number of benzene rings is 1. The van der Waals surface area contributed by atoms with E-state index in [0.29, 0.717) is 12.0 Å². The van der Waals surface area contributed by atoms with Crippen molar-refractivity contribution in [1.82, 2.24) is 5.32 Å². The molecule has 3 N–H and O–H groups in total. The molecule has 1 aromatic carbocycles. The van der Waals surface area contributed by atoms with Crippen LogP contribution in [0, 0.1) is 5.82 Å². The summed E-state index contributed by atoms with van der Waals surface area (Å²) in [6, 6.07) is 4.18. The Hall–Kier alpha value is -1.33. The third kappa shape index (κ3) is 5.35. The minimum absolute atomic E-state index is 0.0527. The molecule has 0 spiro atoms. The number of ether oxygens (including phenoxy) is 1. The van der Waals surface area contributed by atoms with Crippen LogP contribution in [0.15, 0.2) is 18.2 Å². The molecule has 0 aliphatic rings. The van der Waals surface area contributed by atoms with E-state index in [0.717, 1.165) is 0 Å². The van der Waals surface area contributed by atoms with Gasteiger partial charge in [-0.1, -0.05) is 23.7 Å². The smallest absolute Gasteiger partial charge is 0.407 e. The summed E-state index contributed by atoms with van der Waals surface area (Å²) in [5.41, 5.74) is 5.63. The van der Waals surface area contributed by atoms with Crippen LogP contribution in [0.25, 0.3) is 0 Å². The lowest BCUT2D eigenvalue weighted by molar-refractivity contribution is 0.0506. The Morgan fingerprint density at radius 2 is 2.15 bits per heavy atom. The summed E-state index contributed by atoms with van der Waals surface area (Å²) >= 11 is 5.88. The molecule has 1 aromatic rings. The molecular formula is C14H20ClFN2O2. The van der Waals surface area contributed by atoms with Crippen LogP contribution < -0.4 is 11.1 Å². The van der Waals surface area contributed by atoms with E-state index in [2.05, 4.69) is 5.32 Å². The SMILES string of the molecule is CC(C)(C)OC(=O)NC(CN)Cc1cccc(F)c1Cl. The lowest BCUT2D eigenvalue weighted by atomic mass is 10.1. The first kappa shape index (κ1) is 16.7. The molecule has 0 aliphatic carbocycles. The zero-order chi connectivity index (χ0) is 15.3. The van der Waals surface area contributed by atoms with Crippen molar-refractivity contribution in [3.63, 3.8) is 0 Å². The third-order valence-electron chi connectivity index (χ3n) is 2.50. The number of hydrogen-bond acceptors (Lipinski definition) is 3. The van der Waals surface area contributed by atoms with Gasteiger partial charge in [-0.3, -0.25) is 0 Å². The molecule has 0 saturated carbocycles. The van der Waals surface area contributed by atoms with Gasteiger partial charge in [-0.05, 0) is 38.8 Å². The van der Waals surface area contributed by atoms with Crippen molar-refractivity contribution >= 4 is 17.7 Å². The topological polar surface area (TPSA) is 64.3 Å². The van der Waals surface area contributed by atoms with Crippen molar-refractivity contribution in [2.45, 2.75) is 38.8 Å². The van der Waals surface area contributed by atoms with E-state index in [-0.39, 0.29) is 17.6 Å². The number of rotatable bonds is 4. The fourth-order valence-corrected chi connectivity index (χ4v) is 1.84. The van der Waals surface area contributed by atoms with Gasteiger partial charge in [0.05, 0.1) is 5.02 Å². The van der Waals surface area contributed by atoms with E-state index in [1.165, 1.54) is 6.07 Å². The van der Waals surface area contributed by atoms with Crippen molar-refractivity contribution in [2.75, 3.05) is 6.54 Å². The number of hydrogen-bond donors (Lipinski definition) is 2. The molecule has 1 amide bonds. The van der Waals surface area contributed by atoms with Gasteiger partial charge in [0.25, 0.3) is 0 Å². The lowest BCUT2D eigenvalue weighted by Gasteiger charge is -2.23. The Morgan fingerprint density at radius 1 is 1.50 bits per heavy atom. The molecule has 0 radical (unpaired) electrons. The zero-order valence-electron chi connectivity index (χ0n) is 11.9. The Morgan fingerprint density at radius 3 is 2.70 bits per heavy atom. The fourth-order valence-electron chi connectivity index (χ4n) is 1.64. The Balaban J connectivity index is 2.68. The molecule has 0 heterocycles. The molecule has 1 unspecified atom stereocenters. The van der Waals surface area contributed by atoms with Gasteiger partial charge in [0, 0.05) is 12.6 Å². The molecule has 6 heteroatoms. The molecule has 0 aromatic heterocycles. The molecule has 20 heavy (non-hydrogen) atoms. The monoisotopic (exact) mass is 302 g/mol. The molecule has 112 valence electrons. The van der Waals surface area contributed by atoms with Crippen molar-refractivity contribution in [3.8, 4) is 0 Å². The highest BCUT2D eigenvalue weighted by Gasteiger charge is 2.20. The fraction of sp³-hybridized carbons (Fsp3) is 0.500. The summed E-state index contributed by atoms with van der Waals surface area (Å²) in [7, 11) is 0. The van der Waals surface area contributed by atoms with E-state index in [9.17, 15) is 9.18 Å². The van der Waals surface area contributed by atoms with E-state index < -0.39 is 17.5 Å². The van der Waals surface area contributed by atoms with Crippen molar-refractivity contribution < 1.29 is 13.9 Å². The molecule has 1 rings (SSSR count). The summed E-state index contributed by atoms with van der Waals surface area (Å²) in [4.78, 5) is 11.7. The molecule has 1 atom stereocenters. The van der Waals surface area contributed by atoms with Crippen LogP contribution in [0.4, 0.5) is 9.18 Å². The highest BCUT2D eigenvalue weighted by Crippen LogP contribution is 2.21. The maximum atomic E-state index is 13.3. The van der Waals surface area contributed by atoms with Crippen LogP contribution in [0.1, 0.15) is 26.3 Å². The van der Waals surface area contributed by atoms with Gasteiger partial charge < -0.3 is 15.8 Å². The number of alkyl carbamates (subject to hydrolysis) is 1. The minimum atomic E-state index is -0.584.